The Kier molecular flexibility index (Phi) is 2.91. The van der Waals surface area contributed by atoms with Crippen molar-refractivity contribution in [2.45, 2.75) is 20.4 Å². The summed E-state index contributed by atoms with van der Waals surface area (Å²) in [5.41, 5.74) is 2.42. The van der Waals surface area contributed by atoms with Gasteiger partial charge >= 0.3 is 0 Å². The standard InChI is InChI=1S/C10H12N4S/c1-7-5-11-4-3-9(7)6-12-10-14-13-8(2)15-10/h3-5H,6H2,1-2H3,(H,12,14). The number of aromatic nitrogens is 3. The molecule has 0 aromatic carbocycles. The van der Waals surface area contributed by atoms with E-state index in [9.17, 15) is 0 Å². The highest BCUT2D eigenvalue weighted by molar-refractivity contribution is 7.15. The van der Waals surface area contributed by atoms with E-state index in [1.165, 1.54) is 11.1 Å². The van der Waals surface area contributed by atoms with Crippen molar-refractivity contribution < 1.29 is 0 Å². The van der Waals surface area contributed by atoms with E-state index < -0.39 is 0 Å². The summed E-state index contributed by atoms with van der Waals surface area (Å²) in [7, 11) is 0. The summed E-state index contributed by atoms with van der Waals surface area (Å²) >= 11 is 1.56. The first kappa shape index (κ1) is 10.0. The normalized spacial score (nSPS) is 10.3. The topological polar surface area (TPSA) is 50.7 Å². The molecule has 0 saturated heterocycles. The van der Waals surface area contributed by atoms with Gasteiger partial charge in [-0.1, -0.05) is 11.3 Å². The maximum absolute atomic E-state index is 4.05. The lowest BCUT2D eigenvalue weighted by molar-refractivity contribution is 1.02. The Morgan fingerprint density at radius 3 is 2.87 bits per heavy atom. The van der Waals surface area contributed by atoms with Crippen LogP contribution in [0.15, 0.2) is 18.5 Å². The second-order valence-corrected chi connectivity index (χ2v) is 4.46. The summed E-state index contributed by atoms with van der Waals surface area (Å²) < 4.78 is 0. The molecule has 0 aliphatic rings. The number of hydrogen-bond donors (Lipinski definition) is 1. The molecule has 0 atom stereocenters. The van der Waals surface area contributed by atoms with Crippen LogP contribution < -0.4 is 5.32 Å². The molecular formula is C10H12N4S. The third kappa shape index (κ3) is 2.50. The minimum Gasteiger partial charge on any atom is -0.356 e. The van der Waals surface area contributed by atoms with Crippen LogP contribution in [0.25, 0.3) is 0 Å². The number of hydrogen-bond acceptors (Lipinski definition) is 5. The summed E-state index contributed by atoms with van der Waals surface area (Å²) in [6.45, 7) is 4.76. The van der Waals surface area contributed by atoms with Crippen LogP contribution in [-0.2, 0) is 6.54 Å². The van der Waals surface area contributed by atoms with Crippen LogP contribution in [0.1, 0.15) is 16.1 Å². The van der Waals surface area contributed by atoms with Crippen LogP contribution in [0.2, 0.25) is 0 Å². The average Bonchev–Trinajstić information content (AvgIpc) is 2.63. The predicted octanol–water partition coefficient (Wildman–Crippen LogP) is 2.16. The van der Waals surface area contributed by atoms with Crippen molar-refractivity contribution >= 4 is 16.5 Å². The van der Waals surface area contributed by atoms with Gasteiger partial charge in [0.2, 0.25) is 5.13 Å². The van der Waals surface area contributed by atoms with Gasteiger partial charge in [-0.2, -0.15) is 0 Å². The minimum absolute atomic E-state index is 0.767. The summed E-state index contributed by atoms with van der Waals surface area (Å²) in [5.74, 6) is 0. The minimum atomic E-state index is 0.767. The highest BCUT2D eigenvalue weighted by atomic mass is 32.1. The van der Waals surface area contributed by atoms with Gasteiger partial charge in [0, 0.05) is 18.9 Å². The van der Waals surface area contributed by atoms with Gasteiger partial charge in [0.1, 0.15) is 5.01 Å². The fourth-order valence-electron chi connectivity index (χ4n) is 1.24. The predicted molar refractivity (Wildman–Crippen MR) is 60.9 cm³/mol. The Bertz CT molecular complexity index is 452. The van der Waals surface area contributed by atoms with Gasteiger partial charge in [-0.3, -0.25) is 4.98 Å². The summed E-state index contributed by atoms with van der Waals surface area (Å²) in [4.78, 5) is 4.05. The number of nitrogens with zero attached hydrogens (tertiary/aromatic N) is 3. The molecule has 0 saturated carbocycles. The zero-order valence-electron chi connectivity index (χ0n) is 8.69. The molecule has 0 radical (unpaired) electrons. The zero-order chi connectivity index (χ0) is 10.7. The van der Waals surface area contributed by atoms with Gasteiger partial charge in [0.05, 0.1) is 0 Å². The van der Waals surface area contributed by atoms with E-state index in [1.807, 2.05) is 19.2 Å². The van der Waals surface area contributed by atoms with Crippen molar-refractivity contribution in [3.05, 3.63) is 34.6 Å². The molecule has 1 N–H and O–H groups in total. The fourth-order valence-corrected chi connectivity index (χ4v) is 1.83. The van der Waals surface area contributed by atoms with Crippen LogP contribution in [0.4, 0.5) is 5.13 Å². The maximum atomic E-state index is 4.05. The Labute approximate surface area is 92.4 Å². The van der Waals surface area contributed by atoms with E-state index in [1.54, 1.807) is 17.5 Å². The maximum Gasteiger partial charge on any atom is 0.205 e. The fraction of sp³-hybridized carbons (Fsp3) is 0.300. The molecule has 0 aliphatic carbocycles. The smallest absolute Gasteiger partial charge is 0.205 e. The quantitative estimate of drug-likeness (QED) is 0.861. The van der Waals surface area contributed by atoms with Crippen molar-refractivity contribution in [2.24, 2.45) is 0 Å². The van der Waals surface area contributed by atoms with E-state index in [0.717, 1.165) is 16.7 Å². The van der Waals surface area contributed by atoms with E-state index in [2.05, 4.69) is 27.4 Å². The van der Waals surface area contributed by atoms with Crippen LogP contribution in [0, 0.1) is 13.8 Å². The first-order chi connectivity index (χ1) is 7.25. The van der Waals surface area contributed by atoms with E-state index >= 15 is 0 Å². The first-order valence-corrected chi connectivity index (χ1v) is 5.51. The number of rotatable bonds is 3. The van der Waals surface area contributed by atoms with Crippen molar-refractivity contribution in [1.29, 1.82) is 0 Å². The molecule has 5 heteroatoms. The van der Waals surface area contributed by atoms with Crippen LogP contribution in [0.3, 0.4) is 0 Å². The Morgan fingerprint density at radius 2 is 2.20 bits per heavy atom. The second kappa shape index (κ2) is 4.35. The molecule has 4 nitrogen and oxygen atoms in total. The Hall–Kier alpha value is -1.49. The van der Waals surface area contributed by atoms with Crippen molar-refractivity contribution in [3.8, 4) is 0 Å². The van der Waals surface area contributed by atoms with Crippen LogP contribution in [-0.4, -0.2) is 15.2 Å². The number of pyridine rings is 1. The molecule has 0 fully saturated rings. The number of anilines is 1. The van der Waals surface area contributed by atoms with Crippen LogP contribution in [0.5, 0.6) is 0 Å². The zero-order valence-corrected chi connectivity index (χ0v) is 9.51. The molecule has 0 aliphatic heterocycles. The van der Waals surface area contributed by atoms with Crippen LogP contribution >= 0.6 is 11.3 Å². The third-order valence-electron chi connectivity index (χ3n) is 2.09. The highest BCUT2D eigenvalue weighted by Gasteiger charge is 2.01. The van der Waals surface area contributed by atoms with E-state index in [0.29, 0.717) is 0 Å². The lowest BCUT2D eigenvalue weighted by Gasteiger charge is -2.04. The molecule has 15 heavy (non-hydrogen) atoms. The average molecular weight is 220 g/mol. The van der Waals surface area contributed by atoms with Gasteiger partial charge in [-0.15, -0.1) is 10.2 Å². The molecular weight excluding hydrogens is 208 g/mol. The van der Waals surface area contributed by atoms with Gasteiger partial charge < -0.3 is 5.32 Å². The van der Waals surface area contributed by atoms with Gasteiger partial charge in [-0.25, -0.2) is 0 Å². The van der Waals surface area contributed by atoms with Crippen molar-refractivity contribution in [2.75, 3.05) is 5.32 Å². The highest BCUT2D eigenvalue weighted by Crippen LogP contribution is 2.15. The molecule has 0 bridgehead atoms. The second-order valence-electron chi connectivity index (χ2n) is 3.28. The molecule has 78 valence electrons. The third-order valence-corrected chi connectivity index (χ3v) is 2.89. The van der Waals surface area contributed by atoms with Crippen molar-refractivity contribution in [1.82, 2.24) is 15.2 Å². The van der Waals surface area contributed by atoms with Gasteiger partial charge in [0.15, 0.2) is 0 Å². The Balaban J connectivity index is 2.02. The molecule has 2 rings (SSSR count). The monoisotopic (exact) mass is 220 g/mol. The Morgan fingerprint density at radius 1 is 1.33 bits per heavy atom. The summed E-state index contributed by atoms with van der Waals surface area (Å²) in [6, 6.07) is 2.01. The lowest BCUT2D eigenvalue weighted by Crippen LogP contribution is -2.01. The SMILES string of the molecule is Cc1nnc(NCc2ccncc2C)s1. The lowest BCUT2D eigenvalue weighted by atomic mass is 10.2. The summed E-state index contributed by atoms with van der Waals surface area (Å²) in [5, 5.41) is 13.0. The molecule has 0 unspecified atom stereocenters. The molecule has 0 spiro atoms. The first-order valence-electron chi connectivity index (χ1n) is 4.69. The molecule has 0 amide bonds. The van der Waals surface area contributed by atoms with E-state index in [4.69, 9.17) is 0 Å². The van der Waals surface area contributed by atoms with Gasteiger partial charge in [-0.05, 0) is 31.0 Å². The van der Waals surface area contributed by atoms with Crippen molar-refractivity contribution in [3.63, 3.8) is 0 Å². The molecule has 2 aromatic heterocycles. The van der Waals surface area contributed by atoms with E-state index in [-0.39, 0.29) is 0 Å². The van der Waals surface area contributed by atoms with Gasteiger partial charge in [0.25, 0.3) is 0 Å². The largest absolute Gasteiger partial charge is 0.356 e. The number of aryl methyl sites for hydroxylation is 2. The number of nitrogens with one attached hydrogen (secondary N) is 1. The summed E-state index contributed by atoms with van der Waals surface area (Å²) in [6.07, 6.45) is 3.66. The molecule has 2 aromatic rings. The molecule has 2 heterocycles.